The first kappa shape index (κ1) is 41.0. The molecular formula is C42H68O13. The number of ether oxygens (including phenoxy) is 5. The van der Waals surface area contributed by atoms with E-state index in [0.29, 0.717) is 19.4 Å². The molecule has 21 atom stereocenters. The molecule has 0 amide bonds. The van der Waals surface area contributed by atoms with Crippen LogP contribution in [0.5, 0.6) is 0 Å². The molecule has 8 aliphatic rings. The SMILES string of the molecule is C[C@H]1O[C@@H](O[C@H]2[C@H](O[C@H]3CC[C@@]4(C)[C@@H](CC[C@]5(C)[C@@H]4C=C[C@]46OC[C@@]7(CCC(C)(C)C[C@H]74)[C@@H](O)C[C@]65C)[C@]3(C)CO)O[C@H](CO)[C@@H](O)[C@@H]2O)[C@H](O)[C@@H](O)[C@H]1O. The first-order valence-electron chi connectivity index (χ1n) is 20.9. The average molecular weight is 781 g/mol. The molecule has 3 heterocycles. The summed E-state index contributed by atoms with van der Waals surface area (Å²) < 4.78 is 31.6. The van der Waals surface area contributed by atoms with Gasteiger partial charge in [-0.3, -0.25) is 0 Å². The van der Waals surface area contributed by atoms with Crippen LogP contribution in [0.25, 0.3) is 0 Å². The van der Waals surface area contributed by atoms with Gasteiger partial charge in [-0.2, -0.15) is 0 Å². The van der Waals surface area contributed by atoms with Crippen LogP contribution in [0.3, 0.4) is 0 Å². The Morgan fingerprint density at radius 3 is 2.15 bits per heavy atom. The van der Waals surface area contributed by atoms with Gasteiger partial charge in [0, 0.05) is 22.2 Å². The summed E-state index contributed by atoms with van der Waals surface area (Å²) in [4.78, 5) is 0. The zero-order valence-corrected chi connectivity index (χ0v) is 33.7. The fourth-order valence-corrected chi connectivity index (χ4v) is 14.3. The zero-order chi connectivity index (χ0) is 39.9. The fourth-order valence-electron chi connectivity index (χ4n) is 14.3. The highest BCUT2D eigenvalue weighted by Gasteiger charge is 2.79. The predicted molar refractivity (Wildman–Crippen MR) is 197 cm³/mol. The van der Waals surface area contributed by atoms with Gasteiger partial charge in [0.15, 0.2) is 12.6 Å². The van der Waals surface area contributed by atoms with Crippen LogP contribution in [-0.2, 0) is 23.7 Å². The number of allylic oxidation sites excluding steroid dienone is 1. The summed E-state index contributed by atoms with van der Waals surface area (Å²) in [7, 11) is 0. The first-order valence-corrected chi connectivity index (χ1v) is 20.9. The normalized spacial score (nSPS) is 59.7. The largest absolute Gasteiger partial charge is 0.396 e. The summed E-state index contributed by atoms with van der Waals surface area (Å²) in [5.41, 5.74) is -2.06. The number of aliphatic hydroxyl groups excluding tert-OH is 8. The summed E-state index contributed by atoms with van der Waals surface area (Å²) in [6, 6.07) is 0. The lowest BCUT2D eigenvalue weighted by Crippen LogP contribution is -2.72. The third kappa shape index (κ3) is 5.44. The number of hydrogen-bond acceptors (Lipinski definition) is 13. The molecule has 8 N–H and O–H groups in total. The van der Waals surface area contributed by atoms with Crippen molar-refractivity contribution in [1.29, 1.82) is 0 Å². The number of aliphatic hydroxyl groups is 8. The van der Waals surface area contributed by atoms with Crippen molar-refractivity contribution >= 4 is 0 Å². The van der Waals surface area contributed by atoms with Crippen LogP contribution in [0.4, 0.5) is 0 Å². The first-order chi connectivity index (χ1) is 25.7. The van der Waals surface area contributed by atoms with Crippen LogP contribution >= 0.6 is 0 Å². The van der Waals surface area contributed by atoms with Gasteiger partial charge in [-0.1, -0.05) is 53.7 Å². The second kappa shape index (κ2) is 13.4. The lowest BCUT2D eigenvalue weighted by Gasteiger charge is -2.73. The summed E-state index contributed by atoms with van der Waals surface area (Å²) >= 11 is 0. The Bertz CT molecular complexity index is 1490. The van der Waals surface area contributed by atoms with Crippen molar-refractivity contribution in [2.45, 2.75) is 179 Å². The van der Waals surface area contributed by atoms with Crippen molar-refractivity contribution in [3.63, 3.8) is 0 Å². The van der Waals surface area contributed by atoms with E-state index in [1.807, 2.05) is 6.92 Å². The van der Waals surface area contributed by atoms with Crippen LogP contribution in [0.1, 0.15) is 99.8 Å². The molecule has 0 aromatic carbocycles. The Labute approximate surface area is 325 Å². The summed E-state index contributed by atoms with van der Waals surface area (Å²) in [6.45, 7) is 15.2. The molecule has 0 unspecified atom stereocenters. The van der Waals surface area contributed by atoms with Crippen molar-refractivity contribution in [3.8, 4) is 0 Å². The maximum absolute atomic E-state index is 12.1. The molecule has 7 fully saturated rings. The van der Waals surface area contributed by atoms with Crippen molar-refractivity contribution in [2.24, 2.45) is 50.2 Å². The summed E-state index contributed by atoms with van der Waals surface area (Å²) in [5.74, 6) is 0.374. The van der Waals surface area contributed by atoms with E-state index < -0.39 is 91.2 Å². The van der Waals surface area contributed by atoms with Gasteiger partial charge in [0.05, 0.1) is 43.7 Å². The number of hydrogen-bond donors (Lipinski definition) is 8. The van der Waals surface area contributed by atoms with E-state index in [9.17, 15) is 40.9 Å². The lowest BCUT2D eigenvalue weighted by atomic mass is 9.32. The van der Waals surface area contributed by atoms with E-state index in [4.69, 9.17) is 23.7 Å². The lowest BCUT2D eigenvalue weighted by molar-refractivity contribution is -0.377. The maximum atomic E-state index is 12.1. The van der Waals surface area contributed by atoms with Crippen molar-refractivity contribution in [3.05, 3.63) is 12.2 Å². The molecule has 0 radical (unpaired) electrons. The van der Waals surface area contributed by atoms with Crippen molar-refractivity contribution in [2.75, 3.05) is 19.8 Å². The molecule has 5 aliphatic carbocycles. The molecular weight excluding hydrogens is 712 g/mol. The van der Waals surface area contributed by atoms with Crippen molar-refractivity contribution in [1.82, 2.24) is 0 Å². The number of fused-ring (bicyclic) bond motifs is 4. The van der Waals surface area contributed by atoms with Crippen molar-refractivity contribution < 1.29 is 64.5 Å². The highest BCUT2D eigenvalue weighted by molar-refractivity contribution is 5.36. The minimum absolute atomic E-state index is 0.00272. The minimum atomic E-state index is -1.67. The molecule has 55 heavy (non-hydrogen) atoms. The smallest absolute Gasteiger partial charge is 0.187 e. The van der Waals surface area contributed by atoms with Gasteiger partial charge >= 0.3 is 0 Å². The molecule has 13 heteroatoms. The van der Waals surface area contributed by atoms with Gasteiger partial charge in [0.1, 0.15) is 42.7 Å². The Morgan fingerprint density at radius 1 is 0.727 bits per heavy atom. The van der Waals surface area contributed by atoms with E-state index >= 15 is 0 Å². The molecule has 0 aromatic heterocycles. The average Bonchev–Trinajstić information content (AvgIpc) is 3.41. The van der Waals surface area contributed by atoms with Gasteiger partial charge in [-0.05, 0) is 86.4 Å². The number of rotatable bonds is 6. The summed E-state index contributed by atoms with van der Waals surface area (Å²) in [5, 5.41) is 87.2. The fraction of sp³-hybridized carbons (Fsp3) is 0.952. The van der Waals surface area contributed by atoms with E-state index in [1.165, 1.54) is 6.92 Å². The molecule has 1 spiro atoms. The van der Waals surface area contributed by atoms with E-state index in [-0.39, 0.29) is 51.4 Å². The van der Waals surface area contributed by atoms with E-state index in [2.05, 4.69) is 46.8 Å². The highest BCUT2D eigenvalue weighted by Crippen LogP contribution is 2.79. The monoisotopic (exact) mass is 780 g/mol. The van der Waals surface area contributed by atoms with Crippen LogP contribution in [0.15, 0.2) is 12.2 Å². The third-order valence-corrected chi connectivity index (χ3v) is 17.9. The quantitative estimate of drug-likeness (QED) is 0.143. The Hall–Kier alpha value is -0.780. The molecule has 3 saturated heterocycles. The van der Waals surface area contributed by atoms with E-state index in [1.54, 1.807) is 0 Å². The second-order valence-electron chi connectivity index (χ2n) is 21.0. The Kier molecular flexibility index (Phi) is 9.95. The molecule has 4 saturated carbocycles. The van der Waals surface area contributed by atoms with Gasteiger partial charge in [-0.15, -0.1) is 0 Å². The van der Waals surface area contributed by atoms with Crippen LogP contribution in [0.2, 0.25) is 0 Å². The predicted octanol–water partition coefficient (Wildman–Crippen LogP) is 1.78. The Balaban J connectivity index is 1.09. The zero-order valence-electron chi connectivity index (χ0n) is 33.7. The molecule has 8 rings (SSSR count). The third-order valence-electron chi connectivity index (χ3n) is 17.9. The van der Waals surface area contributed by atoms with Crippen LogP contribution in [-0.4, -0.2) is 140 Å². The van der Waals surface area contributed by atoms with E-state index in [0.717, 1.165) is 38.5 Å². The van der Waals surface area contributed by atoms with Gasteiger partial charge < -0.3 is 64.5 Å². The van der Waals surface area contributed by atoms with Gasteiger partial charge in [0.25, 0.3) is 0 Å². The Morgan fingerprint density at radius 2 is 1.45 bits per heavy atom. The molecule has 3 aliphatic heterocycles. The standard InChI is InChI=1S/C42H68O13/c1-21-28(46)30(48)32(50)34(52-21)55-33-31(49)29(47)22(18-43)53-35(33)54-27-10-11-37(4)23(38(27,5)19-44)8-12-39(6)24(37)9-13-42-25-16-36(2,3)14-15-41(25,20-51-42)26(45)17-40(39,42)7/h9,13,21-35,43-50H,8,10-12,14-20H2,1-7H3/t21-,22-,23-,24-,25-,26+,27+,28+,29-,30+,31+,32-,33-,34+,35+,37+,38+,39-,40+,41-,42+/m1/s1. The molecule has 314 valence electrons. The minimum Gasteiger partial charge on any atom is -0.396 e. The van der Waals surface area contributed by atoms with Crippen LogP contribution < -0.4 is 0 Å². The van der Waals surface area contributed by atoms with Gasteiger partial charge in [0.2, 0.25) is 0 Å². The molecule has 2 bridgehead atoms. The molecule has 13 nitrogen and oxygen atoms in total. The van der Waals surface area contributed by atoms with Gasteiger partial charge in [-0.25, -0.2) is 0 Å². The maximum Gasteiger partial charge on any atom is 0.187 e. The second-order valence-corrected chi connectivity index (χ2v) is 21.0. The summed E-state index contributed by atoms with van der Waals surface area (Å²) in [6.07, 6.45) is -3.61. The topological polar surface area (TPSA) is 208 Å². The van der Waals surface area contributed by atoms with Crippen LogP contribution in [0, 0.1) is 50.2 Å². The highest BCUT2D eigenvalue weighted by atomic mass is 16.8. The molecule has 0 aromatic rings.